The Morgan fingerprint density at radius 1 is 1.46 bits per heavy atom. The summed E-state index contributed by atoms with van der Waals surface area (Å²) in [7, 11) is 3.94. The van der Waals surface area contributed by atoms with E-state index in [1.807, 2.05) is 14.1 Å². The first-order chi connectivity index (χ1) is 6.09. The lowest BCUT2D eigenvalue weighted by Crippen LogP contribution is -3.04. The number of carbonyl (C=O) groups excluding carboxylic acids is 1. The van der Waals surface area contributed by atoms with Gasteiger partial charge in [-0.3, -0.25) is 0 Å². The summed E-state index contributed by atoms with van der Waals surface area (Å²) in [5, 5.41) is 10.3. The molecule has 0 unspecified atom stereocenters. The number of nitrogens with one attached hydrogen (secondary N) is 1. The van der Waals surface area contributed by atoms with Gasteiger partial charge in [-0.05, 0) is 0 Å². The van der Waals surface area contributed by atoms with Crippen LogP contribution < -0.4 is 10.0 Å². The van der Waals surface area contributed by atoms with E-state index in [1.165, 1.54) is 17.3 Å². The Hall–Kier alpha value is -1.49. The third kappa shape index (κ3) is 2.79. The van der Waals surface area contributed by atoms with Crippen LogP contribution in [-0.4, -0.2) is 30.0 Å². The van der Waals surface area contributed by atoms with Crippen LogP contribution in [0.2, 0.25) is 0 Å². The molecule has 0 amide bonds. The smallest absolute Gasteiger partial charge is 0.183 e. The summed E-state index contributed by atoms with van der Waals surface area (Å²) in [6.45, 7) is 0.674. The average molecular weight is 181 g/mol. The van der Waals surface area contributed by atoms with Gasteiger partial charge in [0.25, 0.3) is 0 Å². The number of carboxylic acids is 1. The van der Waals surface area contributed by atoms with E-state index in [0.29, 0.717) is 12.4 Å². The van der Waals surface area contributed by atoms with Crippen LogP contribution in [0.15, 0.2) is 12.4 Å². The summed E-state index contributed by atoms with van der Waals surface area (Å²) in [4.78, 5) is 19.3. The molecule has 1 N–H and O–H groups in total. The molecule has 0 radical (unpaired) electrons. The molecule has 5 heteroatoms. The number of hydrogen-bond acceptors (Lipinski definition) is 4. The fourth-order valence-electron chi connectivity index (χ4n) is 0.868. The van der Waals surface area contributed by atoms with E-state index in [1.54, 1.807) is 0 Å². The van der Waals surface area contributed by atoms with E-state index in [0.717, 1.165) is 0 Å². The highest BCUT2D eigenvalue weighted by atomic mass is 16.4. The standard InChI is InChI=1S/C8H11N3O2/c1-11(2)5-7-9-3-6(4-10-7)8(12)13/h3-4H,5H2,1-2H3,(H,12,13). The quantitative estimate of drug-likeness (QED) is 0.559. The van der Waals surface area contributed by atoms with Gasteiger partial charge in [0.15, 0.2) is 5.82 Å². The molecule has 0 aromatic carbocycles. The highest BCUT2D eigenvalue weighted by Crippen LogP contribution is 1.92. The molecule has 0 saturated heterocycles. The van der Waals surface area contributed by atoms with Crippen molar-refractivity contribution in [3.63, 3.8) is 0 Å². The molecule has 0 saturated carbocycles. The normalized spacial score (nSPS) is 10.4. The fourth-order valence-corrected chi connectivity index (χ4v) is 0.868. The molecule has 5 nitrogen and oxygen atoms in total. The van der Waals surface area contributed by atoms with E-state index in [2.05, 4.69) is 9.97 Å². The number of carbonyl (C=O) groups is 1. The average Bonchev–Trinajstić information content (AvgIpc) is 2.04. The topological polar surface area (TPSA) is 70.4 Å². The number of quaternary nitrogens is 1. The maximum atomic E-state index is 10.3. The van der Waals surface area contributed by atoms with Gasteiger partial charge in [-0.25, -0.2) is 9.97 Å². The van der Waals surface area contributed by atoms with Crippen molar-refractivity contribution in [3.05, 3.63) is 23.8 Å². The molecule has 1 heterocycles. The van der Waals surface area contributed by atoms with Crippen LogP contribution in [0.4, 0.5) is 0 Å². The Balaban J connectivity index is 2.75. The van der Waals surface area contributed by atoms with Crippen LogP contribution in [0.5, 0.6) is 0 Å². The van der Waals surface area contributed by atoms with Gasteiger partial charge in [0.05, 0.1) is 20.1 Å². The molecule has 0 aliphatic heterocycles. The zero-order valence-corrected chi connectivity index (χ0v) is 7.57. The fraction of sp³-hybridized carbons (Fsp3) is 0.375. The predicted octanol–water partition coefficient (Wildman–Crippen LogP) is -2.52. The molecule has 1 rings (SSSR count). The van der Waals surface area contributed by atoms with Crippen LogP contribution in [0.1, 0.15) is 16.2 Å². The number of aromatic carboxylic acids is 1. The lowest BCUT2D eigenvalue weighted by Gasteiger charge is -2.06. The van der Waals surface area contributed by atoms with Gasteiger partial charge in [0.1, 0.15) is 6.54 Å². The number of nitrogens with zero attached hydrogens (tertiary/aromatic N) is 2. The first-order valence-electron chi connectivity index (χ1n) is 3.91. The van der Waals surface area contributed by atoms with Crippen molar-refractivity contribution in [1.29, 1.82) is 0 Å². The van der Waals surface area contributed by atoms with Crippen molar-refractivity contribution in [2.24, 2.45) is 0 Å². The third-order valence-corrected chi connectivity index (χ3v) is 1.45. The van der Waals surface area contributed by atoms with Gasteiger partial charge < -0.3 is 14.8 Å². The van der Waals surface area contributed by atoms with E-state index in [4.69, 9.17) is 0 Å². The molecular weight excluding hydrogens is 170 g/mol. The minimum Gasteiger partial charge on any atom is -0.545 e. The molecule has 0 bridgehead atoms. The van der Waals surface area contributed by atoms with Crippen LogP contribution in [0.25, 0.3) is 0 Å². The van der Waals surface area contributed by atoms with E-state index in [-0.39, 0.29) is 5.56 Å². The zero-order chi connectivity index (χ0) is 9.84. The summed E-state index contributed by atoms with van der Waals surface area (Å²) in [5.41, 5.74) is 0.0116. The summed E-state index contributed by atoms with van der Waals surface area (Å²) >= 11 is 0. The first-order valence-corrected chi connectivity index (χ1v) is 3.91. The minimum atomic E-state index is -1.25. The molecule has 0 aliphatic carbocycles. The van der Waals surface area contributed by atoms with Gasteiger partial charge in [0, 0.05) is 18.0 Å². The highest BCUT2D eigenvalue weighted by molar-refractivity contribution is 5.84. The molecule has 0 aliphatic rings. The maximum Gasteiger partial charge on any atom is 0.183 e. The number of carboxylic acid groups (broad SMARTS) is 1. The first kappa shape index (κ1) is 9.60. The van der Waals surface area contributed by atoms with Gasteiger partial charge in [-0.2, -0.15) is 0 Å². The number of aromatic nitrogens is 2. The molecule has 13 heavy (non-hydrogen) atoms. The summed E-state index contributed by atoms with van der Waals surface area (Å²) in [6, 6.07) is 0. The van der Waals surface area contributed by atoms with Crippen molar-refractivity contribution >= 4 is 5.97 Å². The van der Waals surface area contributed by atoms with Gasteiger partial charge >= 0.3 is 0 Å². The molecule has 0 fully saturated rings. The Kier molecular flexibility index (Phi) is 2.92. The van der Waals surface area contributed by atoms with Crippen molar-refractivity contribution in [2.75, 3.05) is 14.1 Å². The highest BCUT2D eigenvalue weighted by Gasteiger charge is 2.01. The predicted molar refractivity (Wildman–Crippen MR) is 42.9 cm³/mol. The minimum absolute atomic E-state index is 0.0116. The number of rotatable bonds is 3. The second-order valence-electron chi connectivity index (χ2n) is 3.06. The van der Waals surface area contributed by atoms with Crippen LogP contribution in [0, 0.1) is 0 Å². The van der Waals surface area contributed by atoms with E-state index in [9.17, 15) is 9.90 Å². The van der Waals surface area contributed by atoms with Crippen LogP contribution in [0.3, 0.4) is 0 Å². The van der Waals surface area contributed by atoms with Crippen molar-refractivity contribution in [3.8, 4) is 0 Å². The summed E-state index contributed by atoms with van der Waals surface area (Å²) in [5.74, 6) is -0.617. The third-order valence-electron chi connectivity index (χ3n) is 1.45. The van der Waals surface area contributed by atoms with Crippen molar-refractivity contribution in [2.45, 2.75) is 6.54 Å². The maximum absolute atomic E-state index is 10.3. The molecule has 1 aromatic heterocycles. The lowest BCUT2D eigenvalue weighted by molar-refractivity contribution is -0.873. The molecular formula is C8H11N3O2. The second-order valence-corrected chi connectivity index (χ2v) is 3.06. The molecule has 70 valence electrons. The monoisotopic (exact) mass is 181 g/mol. The van der Waals surface area contributed by atoms with Crippen molar-refractivity contribution in [1.82, 2.24) is 9.97 Å². The molecule has 0 spiro atoms. The van der Waals surface area contributed by atoms with Gasteiger partial charge in [-0.1, -0.05) is 0 Å². The van der Waals surface area contributed by atoms with Crippen LogP contribution in [-0.2, 0) is 6.54 Å². The van der Waals surface area contributed by atoms with Crippen molar-refractivity contribution < 1.29 is 14.8 Å². The summed E-state index contributed by atoms with van der Waals surface area (Å²) < 4.78 is 0. The molecule has 1 aromatic rings. The largest absolute Gasteiger partial charge is 0.545 e. The number of hydrogen-bond donors (Lipinski definition) is 1. The van der Waals surface area contributed by atoms with Gasteiger partial charge in [0.2, 0.25) is 0 Å². The van der Waals surface area contributed by atoms with E-state index >= 15 is 0 Å². The second kappa shape index (κ2) is 3.95. The lowest BCUT2D eigenvalue weighted by atomic mass is 10.3. The zero-order valence-electron chi connectivity index (χ0n) is 7.57. The van der Waals surface area contributed by atoms with Crippen LogP contribution >= 0.6 is 0 Å². The Bertz CT molecular complexity index is 295. The Morgan fingerprint density at radius 3 is 2.38 bits per heavy atom. The Morgan fingerprint density at radius 2 is 2.00 bits per heavy atom. The molecule has 0 atom stereocenters. The van der Waals surface area contributed by atoms with E-state index < -0.39 is 5.97 Å². The van der Waals surface area contributed by atoms with Gasteiger partial charge in [-0.15, -0.1) is 0 Å². The SMILES string of the molecule is C[NH+](C)Cc1ncc(C(=O)[O-])cn1. The summed E-state index contributed by atoms with van der Waals surface area (Å²) in [6.07, 6.45) is 2.53. The Labute approximate surface area is 76.0 Å².